The zero-order valence-corrected chi connectivity index (χ0v) is 58.2. The third kappa shape index (κ3) is 7.22. The van der Waals surface area contributed by atoms with Crippen molar-refractivity contribution in [1.29, 1.82) is 0 Å². The molecule has 0 bridgehead atoms. The maximum absolute atomic E-state index is 14.4. The van der Waals surface area contributed by atoms with Crippen molar-refractivity contribution in [1.82, 2.24) is 79.9 Å². The smallest absolute Gasteiger partial charge is 0.144 e. The summed E-state index contributed by atoms with van der Waals surface area (Å²) >= 11 is 22.5. The SMILES string of the molecule is Cc1csc2c1c1nsnc1c1c3scc(C)c3c3nsnc3c21.Fc1csc2c1c1nsnc1c1c3scc(F)c3c3nsnc3c21.c1cc2c3nsnc3c3c4sccc4c4nsnc4c3c2s1.c1nc2c3nsnc3c3c4scnc4c4nsnc4c3c2s1. The number of thiophene rings is 6. The highest BCUT2D eigenvalue weighted by molar-refractivity contribution is 7.23. The van der Waals surface area contributed by atoms with E-state index in [1.165, 1.54) is 177 Å². The lowest BCUT2D eigenvalue weighted by Gasteiger charge is -2.05. The molecule has 0 saturated carbocycles. The third-order valence-corrected chi connectivity index (χ3v) is 28.4. The molecule has 18 nitrogen and oxygen atoms in total. The first-order valence-corrected chi connectivity index (χ1v) is 39.6. The predicted octanol–water partition coefficient (Wildman–Crippen LogP) is 20.8. The number of nitrogens with zero attached hydrogens (tertiary/aromatic N) is 18. The second kappa shape index (κ2) is 20.1. The highest BCUT2D eigenvalue weighted by Gasteiger charge is 2.29. The van der Waals surface area contributed by atoms with Crippen molar-refractivity contribution in [2.75, 3.05) is 0 Å². The summed E-state index contributed by atoms with van der Waals surface area (Å²) in [5, 5.41) is 25.8. The van der Waals surface area contributed by atoms with Crippen LogP contribution in [0.2, 0.25) is 0 Å². The average molecular weight is 1490 g/mol. The van der Waals surface area contributed by atoms with E-state index in [2.05, 4.69) is 127 Å². The van der Waals surface area contributed by atoms with E-state index in [4.69, 9.17) is 0 Å². The van der Waals surface area contributed by atoms with Gasteiger partial charge in [-0.2, -0.15) is 70.0 Å². The molecule has 0 aliphatic carbocycles. The third-order valence-electron chi connectivity index (χ3n) is 16.4. The van der Waals surface area contributed by atoms with E-state index in [0.717, 1.165) is 141 Å². The van der Waals surface area contributed by atoms with Gasteiger partial charge in [0.1, 0.15) is 111 Å². The van der Waals surface area contributed by atoms with Crippen LogP contribution in [0.15, 0.2) is 55.4 Å². The minimum Gasteiger partial charge on any atom is -0.242 e. The van der Waals surface area contributed by atoms with Crippen LogP contribution >= 0.6 is 185 Å². The van der Waals surface area contributed by atoms with Crippen LogP contribution in [0.1, 0.15) is 11.1 Å². The predicted molar refractivity (Wildman–Crippen MR) is 392 cm³/mol. The van der Waals surface area contributed by atoms with Gasteiger partial charge in [-0.15, -0.1) is 90.7 Å². The number of hydrogen-bond acceptors (Lipinski definition) is 34. The molecule has 0 aliphatic heterocycles. The molecule has 0 saturated heterocycles. The Labute approximate surface area is 571 Å². The van der Waals surface area contributed by atoms with Crippen molar-refractivity contribution < 1.29 is 8.78 Å². The highest BCUT2D eigenvalue weighted by atomic mass is 32.2. The maximum atomic E-state index is 14.4. The van der Waals surface area contributed by atoms with Crippen molar-refractivity contribution in [3.05, 3.63) is 78.2 Å². The van der Waals surface area contributed by atoms with Crippen LogP contribution in [0.4, 0.5) is 8.78 Å². The van der Waals surface area contributed by atoms with Crippen molar-refractivity contribution in [3.63, 3.8) is 0 Å². The summed E-state index contributed by atoms with van der Waals surface area (Å²) in [5.74, 6) is -0.633. The summed E-state index contributed by atoms with van der Waals surface area (Å²) in [6.07, 6.45) is 0. The monoisotopic (exact) mass is 1490 g/mol. The molecule has 24 aromatic rings. The number of fused-ring (bicyclic) bond motifs is 44. The fourth-order valence-electron chi connectivity index (χ4n) is 12.7. The maximum Gasteiger partial charge on any atom is 0.144 e. The van der Waals surface area contributed by atoms with E-state index in [1.54, 1.807) is 68.0 Å². The van der Waals surface area contributed by atoms with Gasteiger partial charge in [-0.3, -0.25) is 0 Å². The second-order valence-corrected chi connectivity index (χ2v) is 32.2. The van der Waals surface area contributed by atoms with Crippen LogP contribution in [0.5, 0.6) is 0 Å². The van der Waals surface area contributed by atoms with Crippen LogP contribution in [-0.4, -0.2) is 79.9 Å². The summed E-state index contributed by atoms with van der Waals surface area (Å²) in [6, 6.07) is 4.26. The number of hydrogen-bond donors (Lipinski definition) is 0. The second-order valence-electron chi connectivity index (χ2n) is 20.9. The van der Waals surface area contributed by atoms with Gasteiger partial charge in [-0.1, -0.05) is 0 Å². The Morgan fingerprint density at radius 1 is 0.239 bits per heavy atom. The van der Waals surface area contributed by atoms with E-state index in [1.807, 2.05) is 11.0 Å². The molecular weight excluding hydrogens is 1480 g/mol. The largest absolute Gasteiger partial charge is 0.242 e. The fourth-order valence-corrected chi connectivity index (χ4v) is 25.0. The quantitative estimate of drug-likeness (QED) is 0.137. The first kappa shape index (κ1) is 54.2. The van der Waals surface area contributed by atoms with Crippen molar-refractivity contribution in [2.24, 2.45) is 0 Å². The molecule has 8 aromatic carbocycles. The number of aryl methyl sites for hydroxylation is 2. The lowest BCUT2D eigenvalue weighted by Crippen LogP contribution is -1.85. The van der Waals surface area contributed by atoms with E-state index >= 15 is 0 Å². The molecule has 0 aliphatic rings. The lowest BCUT2D eigenvalue weighted by molar-refractivity contribution is 0.644. The van der Waals surface area contributed by atoms with Crippen molar-refractivity contribution in [3.8, 4) is 0 Å². The van der Waals surface area contributed by atoms with Crippen LogP contribution in [0, 0.1) is 25.5 Å². The summed E-state index contributed by atoms with van der Waals surface area (Å²) in [4.78, 5) is 8.99. The average Bonchev–Trinajstić information content (AvgIpc) is 1.54. The number of benzene rings is 8. The Morgan fingerprint density at radius 2 is 0.500 bits per heavy atom. The van der Waals surface area contributed by atoms with Gasteiger partial charge in [0.25, 0.3) is 0 Å². The van der Waals surface area contributed by atoms with Crippen LogP contribution < -0.4 is 0 Å². The minimum absolute atomic E-state index is 0.316. The van der Waals surface area contributed by atoms with Crippen molar-refractivity contribution in [2.45, 2.75) is 13.8 Å². The van der Waals surface area contributed by atoms with Gasteiger partial charge in [0.15, 0.2) is 0 Å². The normalized spacial score (nSPS) is 12.6. The molecule has 36 heteroatoms. The summed E-state index contributed by atoms with van der Waals surface area (Å²) < 4.78 is 110. The minimum atomic E-state index is -0.316. The number of rotatable bonds is 0. The summed E-state index contributed by atoms with van der Waals surface area (Å²) in [5.41, 5.74) is 21.8. The first-order valence-electron chi connectivity index (χ1n) is 26.8. The van der Waals surface area contributed by atoms with Gasteiger partial charge in [-0.25, -0.2) is 18.7 Å². The van der Waals surface area contributed by atoms with Gasteiger partial charge < -0.3 is 0 Å². The molecule has 0 unspecified atom stereocenters. The molecule has 0 fully saturated rings. The van der Waals surface area contributed by atoms with Gasteiger partial charge in [0.05, 0.1) is 125 Å². The Bertz CT molecular complexity index is 6220. The zero-order valence-electron chi connectivity index (χ0n) is 45.1. The molecule has 0 radical (unpaired) electrons. The number of aromatic nitrogens is 18. The van der Waals surface area contributed by atoms with Crippen molar-refractivity contribution >= 4 is 397 Å². The molecule has 0 atom stereocenters. The molecule has 0 amide bonds. The molecule has 16 aromatic heterocycles. The van der Waals surface area contributed by atoms with Crippen LogP contribution in [0.3, 0.4) is 0 Å². The molecular formula is C56H16F2N18S16. The molecule has 92 heavy (non-hydrogen) atoms. The highest BCUT2D eigenvalue weighted by Crippen LogP contribution is 2.52. The van der Waals surface area contributed by atoms with E-state index in [0.29, 0.717) is 32.8 Å². The lowest BCUT2D eigenvalue weighted by atomic mass is 10.00. The van der Waals surface area contributed by atoms with E-state index in [-0.39, 0.29) is 11.6 Å². The van der Waals surface area contributed by atoms with Crippen LogP contribution in [-0.2, 0) is 0 Å². The molecule has 0 spiro atoms. The van der Waals surface area contributed by atoms with E-state index < -0.39 is 0 Å². The number of thiazole rings is 2. The Kier molecular flexibility index (Phi) is 11.9. The Balaban J connectivity index is 0.0000000827. The summed E-state index contributed by atoms with van der Waals surface area (Å²) in [6.45, 7) is 4.29. The van der Waals surface area contributed by atoms with Gasteiger partial charge in [-0.05, 0) is 58.6 Å². The Morgan fingerprint density at radius 3 is 0.870 bits per heavy atom. The Hall–Kier alpha value is -7.24. The fraction of sp³-hybridized carbons (Fsp3) is 0.0357. The van der Waals surface area contributed by atoms with Gasteiger partial charge >= 0.3 is 0 Å². The van der Waals surface area contributed by atoms with Gasteiger partial charge in [0, 0.05) is 104 Å². The molecule has 24 rings (SSSR count). The first-order chi connectivity index (χ1) is 45.4. The molecule has 16 heterocycles. The molecule has 0 N–H and O–H groups in total. The van der Waals surface area contributed by atoms with Gasteiger partial charge in [0.2, 0.25) is 0 Å². The summed E-state index contributed by atoms with van der Waals surface area (Å²) in [7, 11) is 0. The zero-order chi connectivity index (χ0) is 60.5. The van der Waals surface area contributed by atoms with Crippen LogP contribution in [0.25, 0.3) is 212 Å². The topological polar surface area (TPSA) is 232 Å². The number of halogens is 2. The molecule has 440 valence electrons. The standard InChI is InChI=1S/C16H8N4S4.C14H2F2N4S4.C14H4N4S4.C12H2N6S4/c1-5-3-21-15-7(5)11-13(19-23-17-11)10-9(15)14-12(18-24-20-14)8-6(2)4-22-16(8)10;15-3-1-21-13-5(3)9-12(20-23-17-9)8-7(13)11-10(18-24-19-11)6-4(16)2-22-14(6)8;1-3-19-13-5(1)9-11(17-21-15-9)8-7(13)12-10(16-22-18-12)6-2-4-20-14(6)8;1-13-9-7-6(16-21-17-7)4-3(11(9)19-1)5-8(18-22-15-5)10-12(4)20-2-14-10/h3-4H,1-2H3;1-2H;1-4H;1-2H. The van der Waals surface area contributed by atoms with E-state index in [9.17, 15) is 8.78 Å².